The molecule has 1 heterocycles. The van der Waals surface area contributed by atoms with Crippen LogP contribution in [0.4, 0.5) is 9.18 Å². The number of carbonyl (C=O) groups excluding carboxylic acids is 2. The molecule has 7 nitrogen and oxygen atoms in total. The molecule has 2 aromatic rings. The van der Waals surface area contributed by atoms with Gasteiger partial charge in [0.1, 0.15) is 5.82 Å². The number of ether oxygens (including phenoxy) is 2. The lowest BCUT2D eigenvalue weighted by atomic mass is 9.84. The summed E-state index contributed by atoms with van der Waals surface area (Å²) >= 11 is 0. The van der Waals surface area contributed by atoms with Gasteiger partial charge >= 0.3 is 6.03 Å². The van der Waals surface area contributed by atoms with E-state index < -0.39 is 5.92 Å². The van der Waals surface area contributed by atoms with E-state index in [4.69, 9.17) is 9.47 Å². The van der Waals surface area contributed by atoms with Crippen LogP contribution in [0.25, 0.3) is 0 Å². The van der Waals surface area contributed by atoms with Crippen molar-refractivity contribution in [3.8, 4) is 11.5 Å². The van der Waals surface area contributed by atoms with Crippen LogP contribution in [0.1, 0.15) is 37.3 Å². The standard InChI is InChI=1S/C25H32FN3O4/c1-16(2)28-25(31)29-14-19(17-9-10-22(32-3)23(12-17)33-4)11-20(15-29)24(30)27-13-18-7-5-6-8-21(18)26/h5-10,12,16,19-20H,11,13-15H2,1-4H3,(H,27,30)(H,28,31)/t19-,20+/m0/s1. The average molecular weight is 458 g/mol. The number of benzene rings is 2. The summed E-state index contributed by atoms with van der Waals surface area (Å²) in [4.78, 5) is 27.5. The number of urea groups is 1. The minimum Gasteiger partial charge on any atom is -0.493 e. The van der Waals surface area contributed by atoms with E-state index in [2.05, 4.69) is 10.6 Å². The van der Waals surface area contributed by atoms with Gasteiger partial charge in [-0.15, -0.1) is 0 Å². The Balaban J connectivity index is 1.80. The molecule has 0 radical (unpaired) electrons. The summed E-state index contributed by atoms with van der Waals surface area (Å²) < 4.78 is 24.7. The van der Waals surface area contributed by atoms with Crippen LogP contribution in [0.15, 0.2) is 42.5 Å². The maximum atomic E-state index is 14.0. The highest BCUT2D eigenvalue weighted by molar-refractivity contribution is 5.81. The quantitative estimate of drug-likeness (QED) is 0.665. The number of piperidine rings is 1. The number of amides is 3. The van der Waals surface area contributed by atoms with Gasteiger partial charge in [0.2, 0.25) is 5.91 Å². The number of hydrogen-bond acceptors (Lipinski definition) is 4. The van der Waals surface area contributed by atoms with Crippen LogP contribution < -0.4 is 20.1 Å². The van der Waals surface area contributed by atoms with Crippen LogP contribution in [0.2, 0.25) is 0 Å². The van der Waals surface area contributed by atoms with E-state index in [0.29, 0.717) is 36.6 Å². The number of nitrogens with zero attached hydrogens (tertiary/aromatic N) is 1. The van der Waals surface area contributed by atoms with E-state index in [-0.39, 0.29) is 36.3 Å². The smallest absolute Gasteiger partial charge is 0.317 e. The summed E-state index contributed by atoms with van der Waals surface area (Å²) in [6.45, 7) is 4.66. The maximum absolute atomic E-state index is 14.0. The first-order valence-corrected chi connectivity index (χ1v) is 11.1. The van der Waals surface area contributed by atoms with Gasteiger partial charge in [-0.1, -0.05) is 24.3 Å². The summed E-state index contributed by atoms with van der Waals surface area (Å²) in [6.07, 6.45) is 0.560. The molecule has 2 aromatic carbocycles. The number of carbonyl (C=O) groups is 2. The zero-order chi connectivity index (χ0) is 24.0. The molecule has 0 bridgehead atoms. The van der Waals surface area contributed by atoms with E-state index in [1.54, 1.807) is 37.3 Å². The normalized spacial score (nSPS) is 18.1. The predicted octanol–water partition coefficient (Wildman–Crippen LogP) is 3.68. The maximum Gasteiger partial charge on any atom is 0.317 e. The summed E-state index contributed by atoms with van der Waals surface area (Å²) in [7, 11) is 3.15. The third kappa shape index (κ3) is 6.15. The first kappa shape index (κ1) is 24.4. The van der Waals surface area contributed by atoms with Crippen molar-refractivity contribution < 1.29 is 23.5 Å². The second kappa shape index (κ2) is 11.0. The lowest BCUT2D eigenvalue weighted by molar-refractivity contribution is -0.126. The second-order valence-corrected chi connectivity index (χ2v) is 8.56. The van der Waals surface area contributed by atoms with Crippen LogP contribution >= 0.6 is 0 Å². The number of likely N-dealkylation sites (tertiary alicyclic amines) is 1. The van der Waals surface area contributed by atoms with Crippen molar-refractivity contribution in [3.05, 3.63) is 59.4 Å². The van der Waals surface area contributed by atoms with E-state index >= 15 is 0 Å². The number of methoxy groups -OCH3 is 2. The van der Waals surface area contributed by atoms with E-state index in [0.717, 1.165) is 5.56 Å². The SMILES string of the molecule is COc1ccc([C@H]2C[C@@H](C(=O)NCc3ccccc3F)CN(C(=O)NC(C)C)C2)cc1OC. The topological polar surface area (TPSA) is 79.9 Å². The molecule has 1 aliphatic rings. The van der Waals surface area contributed by atoms with Gasteiger partial charge in [0.25, 0.3) is 0 Å². The van der Waals surface area contributed by atoms with Gasteiger partial charge in [-0.2, -0.15) is 0 Å². The van der Waals surface area contributed by atoms with Gasteiger partial charge in [0, 0.05) is 37.2 Å². The fourth-order valence-electron chi connectivity index (χ4n) is 4.11. The monoisotopic (exact) mass is 457 g/mol. The largest absolute Gasteiger partial charge is 0.493 e. The lowest BCUT2D eigenvalue weighted by Crippen LogP contribution is -2.52. The highest BCUT2D eigenvalue weighted by atomic mass is 19.1. The molecule has 0 spiro atoms. The average Bonchev–Trinajstić information content (AvgIpc) is 2.82. The summed E-state index contributed by atoms with van der Waals surface area (Å²) in [5, 5.41) is 5.75. The molecule has 3 rings (SSSR count). The molecule has 3 amide bonds. The van der Waals surface area contributed by atoms with Crippen LogP contribution in [-0.4, -0.2) is 50.2 Å². The van der Waals surface area contributed by atoms with Gasteiger partial charge in [0.15, 0.2) is 11.5 Å². The lowest BCUT2D eigenvalue weighted by Gasteiger charge is -2.38. The number of rotatable bonds is 7. The number of hydrogen-bond donors (Lipinski definition) is 2. The van der Waals surface area contributed by atoms with Crippen molar-refractivity contribution in [3.63, 3.8) is 0 Å². The van der Waals surface area contributed by atoms with Gasteiger partial charge in [0.05, 0.1) is 20.1 Å². The van der Waals surface area contributed by atoms with Gasteiger partial charge < -0.3 is 25.0 Å². The van der Waals surface area contributed by atoms with Gasteiger partial charge in [-0.3, -0.25) is 4.79 Å². The molecule has 33 heavy (non-hydrogen) atoms. The third-order valence-corrected chi connectivity index (χ3v) is 5.81. The first-order valence-electron chi connectivity index (χ1n) is 11.1. The zero-order valence-electron chi connectivity index (χ0n) is 19.6. The van der Waals surface area contributed by atoms with Crippen molar-refractivity contribution in [1.29, 1.82) is 0 Å². The Kier molecular flexibility index (Phi) is 8.14. The molecule has 0 saturated carbocycles. The Labute approximate surface area is 194 Å². The molecule has 0 aromatic heterocycles. The van der Waals surface area contributed by atoms with Crippen molar-refractivity contribution >= 4 is 11.9 Å². The van der Waals surface area contributed by atoms with Crippen LogP contribution in [0.5, 0.6) is 11.5 Å². The fourth-order valence-corrected chi connectivity index (χ4v) is 4.11. The summed E-state index contributed by atoms with van der Waals surface area (Å²) in [5.41, 5.74) is 1.38. The second-order valence-electron chi connectivity index (χ2n) is 8.56. The molecule has 178 valence electrons. The predicted molar refractivity (Wildman–Crippen MR) is 124 cm³/mol. The minimum absolute atomic E-state index is 0.0210. The van der Waals surface area contributed by atoms with Gasteiger partial charge in [-0.05, 0) is 44.0 Å². The number of nitrogens with one attached hydrogen (secondary N) is 2. The zero-order valence-corrected chi connectivity index (χ0v) is 19.6. The molecule has 1 fully saturated rings. The highest BCUT2D eigenvalue weighted by Crippen LogP contribution is 2.36. The highest BCUT2D eigenvalue weighted by Gasteiger charge is 2.35. The Morgan fingerprint density at radius 1 is 1.09 bits per heavy atom. The Bertz CT molecular complexity index is 982. The molecule has 8 heteroatoms. The van der Waals surface area contributed by atoms with Crippen molar-refractivity contribution in [2.45, 2.75) is 38.8 Å². The van der Waals surface area contributed by atoms with E-state index in [1.165, 1.54) is 6.07 Å². The fraction of sp³-hybridized carbons (Fsp3) is 0.440. The summed E-state index contributed by atoms with van der Waals surface area (Å²) in [5.74, 6) is 0.153. The Hall–Kier alpha value is -3.29. The van der Waals surface area contributed by atoms with Crippen LogP contribution in [0, 0.1) is 11.7 Å². The Morgan fingerprint density at radius 3 is 2.48 bits per heavy atom. The van der Waals surface area contributed by atoms with Crippen molar-refractivity contribution in [2.24, 2.45) is 5.92 Å². The third-order valence-electron chi connectivity index (χ3n) is 5.81. The van der Waals surface area contributed by atoms with Crippen LogP contribution in [-0.2, 0) is 11.3 Å². The molecule has 0 unspecified atom stereocenters. The first-order chi connectivity index (χ1) is 15.8. The van der Waals surface area contributed by atoms with E-state index in [1.807, 2.05) is 32.0 Å². The Morgan fingerprint density at radius 2 is 1.82 bits per heavy atom. The van der Waals surface area contributed by atoms with Crippen molar-refractivity contribution in [1.82, 2.24) is 15.5 Å². The molecule has 1 saturated heterocycles. The van der Waals surface area contributed by atoms with Crippen molar-refractivity contribution in [2.75, 3.05) is 27.3 Å². The van der Waals surface area contributed by atoms with Gasteiger partial charge in [-0.25, -0.2) is 9.18 Å². The number of halogens is 1. The molecular formula is C25H32FN3O4. The van der Waals surface area contributed by atoms with Crippen LogP contribution in [0.3, 0.4) is 0 Å². The molecule has 0 aliphatic carbocycles. The molecule has 1 aliphatic heterocycles. The molecule has 2 atom stereocenters. The minimum atomic E-state index is -0.429. The summed E-state index contributed by atoms with van der Waals surface area (Å²) in [6, 6.07) is 11.8. The van der Waals surface area contributed by atoms with E-state index in [9.17, 15) is 14.0 Å². The molecular weight excluding hydrogens is 425 g/mol. The molecule has 2 N–H and O–H groups in total.